The Kier molecular flexibility index (Phi) is 8.01. The molecule has 0 bridgehead atoms. The Bertz CT molecular complexity index is 1840. The second-order valence-electron chi connectivity index (χ2n) is 9.50. The summed E-state index contributed by atoms with van der Waals surface area (Å²) in [5.41, 5.74) is -3.02. The van der Waals surface area contributed by atoms with E-state index >= 15 is 0 Å². The van der Waals surface area contributed by atoms with E-state index in [0.717, 1.165) is 28.6 Å². The molecule has 17 heteroatoms. The smallest absolute Gasteiger partial charge is 0.417 e. The molecule has 44 heavy (non-hydrogen) atoms. The lowest BCUT2D eigenvalue weighted by molar-refractivity contribution is -0.138. The first kappa shape index (κ1) is 31.1. The summed E-state index contributed by atoms with van der Waals surface area (Å²) in [4.78, 5) is 14.5. The number of alkyl halides is 6. The van der Waals surface area contributed by atoms with Crippen LogP contribution in [0.4, 0.5) is 32.0 Å². The number of carboxylic acid groups (broad SMARTS) is 1. The molecule has 0 spiro atoms. The zero-order valence-electron chi connectivity index (χ0n) is 21.9. The summed E-state index contributed by atoms with van der Waals surface area (Å²) in [5.74, 6) is -2.08. The lowest BCUT2D eigenvalue weighted by Gasteiger charge is -2.35. The highest BCUT2D eigenvalue weighted by Crippen LogP contribution is 2.43. The van der Waals surface area contributed by atoms with Crippen LogP contribution in [0.1, 0.15) is 24.0 Å². The minimum atomic E-state index is -4.84. The van der Waals surface area contributed by atoms with Crippen molar-refractivity contribution in [1.82, 2.24) is 10.1 Å². The summed E-state index contributed by atoms with van der Waals surface area (Å²) in [5, 5.41) is 12.4. The van der Waals surface area contributed by atoms with Crippen LogP contribution in [0.3, 0.4) is 0 Å². The zero-order valence-corrected chi connectivity index (χ0v) is 23.4. The van der Waals surface area contributed by atoms with Crippen molar-refractivity contribution in [3.05, 3.63) is 76.8 Å². The van der Waals surface area contributed by atoms with Crippen LogP contribution in [0, 0.1) is 0 Å². The molecule has 0 aliphatic carbocycles. The maximum atomic E-state index is 13.7. The molecule has 1 aliphatic heterocycles. The lowest BCUT2D eigenvalue weighted by atomic mass is 10.1. The minimum absolute atomic E-state index is 0.0277. The zero-order chi connectivity index (χ0) is 32.0. The molecule has 232 valence electrons. The molecule has 1 atom stereocenters. The third kappa shape index (κ3) is 6.17. The normalized spacial score (nSPS) is 15.5. The van der Waals surface area contributed by atoms with Crippen molar-refractivity contribution in [2.75, 3.05) is 10.8 Å². The standard InChI is InChI=1S/C27H18ClF6N3O6S/c28-19-6-2-5-18(27(32,33)34)23(19)24-35-25(43-36-24)14-7-9-21-20(11-14)37(13-16(42-21)8-10-22(38)39)44(40,41)17-4-1-3-15(12-17)26(29,30)31/h1-7,9,11-12,16H,8,10,13H2,(H,38,39). The molecule has 0 radical (unpaired) electrons. The maximum Gasteiger partial charge on any atom is 0.417 e. The Morgan fingerprint density at radius 1 is 1.02 bits per heavy atom. The van der Waals surface area contributed by atoms with Gasteiger partial charge in [0.25, 0.3) is 15.9 Å². The van der Waals surface area contributed by atoms with Crippen LogP contribution in [0.25, 0.3) is 22.8 Å². The number of sulfonamides is 1. The number of aromatic nitrogens is 2. The molecule has 1 unspecified atom stereocenters. The van der Waals surface area contributed by atoms with Gasteiger partial charge in [-0.3, -0.25) is 9.10 Å². The van der Waals surface area contributed by atoms with E-state index in [4.69, 9.17) is 26.0 Å². The Morgan fingerprint density at radius 3 is 2.43 bits per heavy atom. The van der Waals surface area contributed by atoms with Crippen molar-refractivity contribution in [3.63, 3.8) is 0 Å². The van der Waals surface area contributed by atoms with E-state index in [-0.39, 0.29) is 40.8 Å². The molecule has 1 aliphatic rings. The number of aliphatic carboxylic acids is 1. The van der Waals surface area contributed by atoms with Gasteiger partial charge in [-0.1, -0.05) is 28.9 Å². The summed E-state index contributed by atoms with van der Waals surface area (Å²) < 4.78 is 120. The van der Waals surface area contributed by atoms with E-state index in [2.05, 4.69) is 10.1 Å². The van der Waals surface area contributed by atoms with Crippen molar-refractivity contribution < 1.29 is 53.9 Å². The van der Waals surface area contributed by atoms with E-state index in [0.29, 0.717) is 12.1 Å². The van der Waals surface area contributed by atoms with Gasteiger partial charge in [-0.15, -0.1) is 0 Å². The van der Waals surface area contributed by atoms with Gasteiger partial charge in [0.2, 0.25) is 5.82 Å². The van der Waals surface area contributed by atoms with Gasteiger partial charge in [0, 0.05) is 12.0 Å². The van der Waals surface area contributed by atoms with Gasteiger partial charge in [-0.05, 0) is 55.0 Å². The topological polar surface area (TPSA) is 123 Å². The van der Waals surface area contributed by atoms with Gasteiger partial charge in [-0.25, -0.2) is 8.42 Å². The molecule has 9 nitrogen and oxygen atoms in total. The third-order valence-corrected chi connectivity index (χ3v) is 8.63. The Labute approximate surface area is 249 Å². The third-order valence-electron chi connectivity index (χ3n) is 6.54. The van der Waals surface area contributed by atoms with Crippen LogP contribution < -0.4 is 9.04 Å². The van der Waals surface area contributed by atoms with Gasteiger partial charge in [-0.2, -0.15) is 31.3 Å². The van der Waals surface area contributed by atoms with Gasteiger partial charge < -0.3 is 14.4 Å². The van der Waals surface area contributed by atoms with Crippen LogP contribution in [-0.4, -0.2) is 42.3 Å². The highest BCUT2D eigenvalue weighted by molar-refractivity contribution is 7.92. The van der Waals surface area contributed by atoms with E-state index in [1.165, 1.54) is 24.3 Å². The molecular weight excluding hydrogens is 644 g/mol. The van der Waals surface area contributed by atoms with E-state index < -0.39 is 68.4 Å². The summed E-state index contributed by atoms with van der Waals surface area (Å²) >= 11 is 6.03. The summed E-state index contributed by atoms with van der Waals surface area (Å²) in [7, 11) is -4.70. The number of rotatable bonds is 7. The summed E-state index contributed by atoms with van der Waals surface area (Å²) in [6, 6.07) is 9.98. The first-order valence-corrected chi connectivity index (χ1v) is 14.3. The first-order valence-electron chi connectivity index (χ1n) is 12.5. The van der Waals surface area contributed by atoms with Crippen molar-refractivity contribution in [3.8, 4) is 28.6 Å². The van der Waals surface area contributed by atoms with Crippen molar-refractivity contribution >= 4 is 33.3 Å². The number of nitrogens with zero attached hydrogens (tertiary/aromatic N) is 3. The average molecular weight is 662 g/mol. The van der Waals surface area contributed by atoms with Crippen molar-refractivity contribution in [2.45, 2.75) is 36.2 Å². The molecular formula is C27H18ClF6N3O6S. The number of anilines is 1. The van der Waals surface area contributed by atoms with Crippen LogP contribution >= 0.6 is 11.6 Å². The first-order chi connectivity index (χ1) is 20.6. The molecule has 3 aromatic carbocycles. The largest absolute Gasteiger partial charge is 0.486 e. The van der Waals surface area contributed by atoms with E-state index in [1.807, 2.05) is 0 Å². The van der Waals surface area contributed by atoms with Crippen LogP contribution in [0.2, 0.25) is 5.02 Å². The predicted octanol–water partition coefficient (Wildman–Crippen LogP) is 6.92. The van der Waals surface area contributed by atoms with Gasteiger partial charge in [0.15, 0.2) is 0 Å². The second kappa shape index (κ2) is 11.3. The average Bonchev–Trinajstić information content (AvgIpc) is 3.44. The number of hydrogen-bond donors (Lipinski definition) is 1. The Morgan fingerprint density at radius 2 is 1.75 bits per heavy atom. The molecule has 0 saturated carbocycles. The van der Waals surface area contributed by atoms with E-state index in [1.54, 1.807) is 0 Å². The maximum absolute atomic E-state index is 13.7. The number of fused-ring (bicyclic) bond motifs is 1. The van der Waals surface area contributed by atoms with Gasteiger partial charge in [0.1, 0.15) is 11.9 Å². The molecule has 0 amide bonds. The van der Waals surface area contributed by atoms with Crippen molar-refractivity contribution in [2.24, 2.45) is 0 Å². The molecule has 1 N–H and O–H groups in total. The van der Waals surface area contributed by atoms with Gasteiger partial charge in [0.05, 0.1) is 38.8 Å². The molecule has 5 rings (SSSR count). The summed E-state index contributed by atoms with van der Waals surface area (Å²) in [6.07, 6.45) is -11.1. The number of hydrogen-bond acceptors (Lipinski definition) is 7. The fourth-order valence-electron chi connectivity index (χ4n) is 4.50. The molecule has 2 heterocycles. The Balaban J connectivity index is 1.58. The number of carbonyl (C=O) groups is 1. The molecule has 1 aromatic heterocycles. The van der Waals surface area contributed by atoms with Crippen LogP contribution in [0.5, 0.6) is 5.75 Å². The number of benzene rings is 3. The highest BCUT2D eigenvalue weighted by Gasteiger charge is 2.38. The molecule has 4 aromatic rings. The SMILES string of the molecule is O=C(O)CCC1CN(S(=O)(=O)c2cccc(C(F)(F)F)c2)c2cc(-c3nc(-c4c(Cl)cccc4C(F)(F)F)no3)ccc2O1. The Hall–Kier alpha value is -4.31. The van der Waals surface area contributed by atoms with Crippen LogP contribution in [-0.2, 0) is 27.2 Å². The lowest BCUT2D eigenvalue weighted by Crippen LogP contribution is -2.43. The van der Waals surface area contributed by atoms with Crippen LogP contribution in [0.15, 0.2) is 70.1 Å². The fourth-order valence-corrected chi connectivity index (χ4v) is 6.30. The summed E-state index contributed by atoms with van der Waals surface area (Å²) in [6.45, 7) is -0.466. The quantitative estimate of drug-likeness (QED) is 0.212. The van der Waals surface area contributed by atoms with Gasteiger partial charge >= 0.3 is 18.3 Å². The number of ether oxygens (including phenoxy) is 1. The number of halogens is 7. The monoisotopic (exact) mass is 661 g/mol. The van der Waals surface area contributed by atoms with E-state index in [9.17, 15) is 39.6 Å². The highest BCUT2D eigenvalue weighted by atomic mass is 35.5. The second-order valence-corrected chi connectivity index (χ2v) is 11.8. The molecule has 0 fully saturated rings. The minimum Gasteiger partial charge on any atom is -0.486 e. The molecule has 0 saturated heterocycles. The van der Waals surface area contributed by atoms with Crippen molar-refractivity contribution in [1.29, 1.82) is 0 Å². The fraction of sp³-hybridized carbons (Fsp3) is 0.222. The predicted molar refractivity (Wildman–Crippen MR) is 142 cm³/mol. The number of carboxylic acids is 1.